The average molecular weight is 254 g/mol. The summed E-state index contributed by atoms with van der Waals surface area (Å²) in [5.41, 5.74) is 7.09. The van der Waals surface area contributed by atoms with Gasteiger partial charge >= 0.3 is 0 Å². The lowest BCUT2D eigenvalue weighted by Crippen LogP contribution is -2.40. The number of hydrogen-bond donors (Lipinski definition) is 2. The van der Waals surface area contributed by atoms with Crippen LogP contribution in [0.1, 0.15) is 35.6 Å². The van der Waals surface area contributed by atoms with Crippen molar-refractivity contribution in [1.29, 1.82) is 0 Å². The second-order valence-corrected chi connectivity index (χ2v) is 6.25. The van der Waals surface area contributed by atoms with Gasteiger partial charge in [0.2, 0.25) is 5.91 Å². The van der Waals surface area contributed by atoms with Crippen molar-refractivity contribution in [2.45, 2.75) is 46.7 Å². The maximum atomic E-state index is 11.7. The molecule has 0 unspecified atom stereocenters. The molecule has 0 spiro atoms. The maximum Gasteiger partial charge on any atom is 0.237 e. The number of carbonyl (C=O) groups excluding carboxylic acids is 1. The van der Waals surface area contributed by atoms with Gasteiger partial charge in [0.15, 0.2) is 0 Å². The molecule has 1 atom stereocenters. The summed E-state index contributed by atoms with van der Waals surface area (Å²) < 4.78 is 0. The second kappa shape index (κ2) is 6.17. The Morgan fingerprint density at radius 1 is 1.47 bits per heavy atom. The van der Waals surface area contributed by atoms with Gasteiger partial charge in [-0.05, 0) is 37.8 Å². The molecule has 1 aromatic heterocycles. The Morgan fingerprint density at radius 3 is 2.59 bits per heavy atom. The Hall–Kier alpha value is -0.870. The molecule has 0 radical (unpaired) electrons. The van der Waals surface area contributed by atoms with E-state index in [0.29, 0.717) is 12.5 Å². The van der Waals surface area contributed by atoms with Gasteiger partial charge in [-0.1, -0.05) is 13.8 Å². The Kier molecular flexibility index (Phi) is 5.15. The zero-order valence-corrected chi connectivity index (χ0v) is 11.9. The summed E-state index contributed by atoms with van der Waals surface area (Å²) in [4.78, 5) is 14.2. The molecule has 1 aromatic rings. The predicted octanol–water partition coefficient (Wildman–Crippen LogP) is 2.35. The van der Waals surface area contributed by atoms with E-state index in [0.717, 1.165) is 6.42 Å². The Bertz CT molecular complexity index is 365. The van der Waals surface area contributed by atoms with E-state index in [1.54, 1.807) is 11.3 Å². The SMILES string of the molecule is Cc1cc(CNC(=O)[C@@H](N)CC(C)C)sc1C. The molecule has 0 aliphatic carbocycles. The minimum absolute atomic E-state index is 0.0533. The minimum atomic E-state index is -0.392. The van der Waals surface area contributed by atoms with Crippen molar-refractivity contribution in [2.75, 3.05) is 0 Å². The van der Waals surface area contributed by atoms with Crippen LogP contribution >= 0.6 is 11.3 Å². The Morgan fingerprint density at radius 2 is 2.12 bits per heavy atom. The molecule has 3 nitrogen and oxygen atoms in total. The summed E-state index contributed by atoms with van der Waals surface area (Å²) in [5, 5.41) is 2.89. The highest BCUT2D eigenvalue weighted by Gasteiger charge is 2.14. The molecule has 96 valence electrons. The molecule has 0 bridgehead atoms. The molecule has 1 rings (SSSR count). The molecule has 17 heavy (non-hydrogen) atoms. The lowest BCUT2D eigenvalue weighted by molar-refractivity contribution is -0.122. The fraction of sp³-hybridized carbons (Fsp3) is 0.615. The van der Waals surface area contributed by atoms with Gasteiger partial charge in [-0.25, -0.2) is 0 Å². The molecule has 0 fully saturated rings. The van der Waals surface area contributed by atoms with E-state index in [1.807, 2.05) is 0 Å². The molecule has 0 aliphatic heterocycles. The Balaban J connectivity index is 2.42. The number of carbonyl (C=O) groups is 1. The molecule has 1 amide bonds. The number of aryl methyl sites for hydroxylation is 2. The average Bonchev–Trinajstić information content (AvgIpc) is 2.54. The highest BCUT2D eigenvalue weighted by molar-refractivity contribution is 7.12. The third kappa shape index (κ3) is 4.48. The zero-order chi connectivity index (χ0) is 13.0. The van der Waals surface area contributed by atoms with Crippen LogP contribution in [0.15, 0.2) is 6.07 Å². The summed E-state index contributed by atoms with van der Waals surface area (Å²) in [7, 11) is 0. The van der Waals surface area contributed by atoms with Crippen LogP contribution in [0.25, 0.3) is 0 Å². The number of thiophene rings is 1. The van der Waals surface area contributed by atoms with Crippen LogP contribution in [0.5, 0.6) is 0 Å². The second-order valence-electron chi connectivity index (χ2n) is 4.91. The first kappa shape index (κ1) is 14.2. The van der Waals surface area contributed by atoms with E-state index in [9.17, 15) is 4.79 Å². The zero-order valence-electron chi connectivity index (χ0n) is 11.0. The normalized spacial score (nSPS) is 12.8. The highest BCUT2D eigenvalue weighted by atomic mass is 32.1. The number of hydrogen-bond acceptors (Lipinski definition) is 3. The van der Waals surface area contributed by atoms with Crippen LogP contribution in [-0.2, 0) is 11.3 Å². The first-order chi connectivity index (χ1) is 7.90. The summed E-state index contributed by atoms with van der Waals surface area (Å²) >= 11 is 1.73. The fourth-order valence-corrected chi connectivity index (χ4v) is 2.65. The van der Waals surface area contributed by atoms with E-state index in [2.05, 4.69) is 39.1 Å². The molecule has 3 N–H and O–H groups in total. The highest BCUT2D eigenvalue weighted by Crippen LogP contribution is 2.20. The first-order valence-electron chi connectivity index (χ1n) is 5.99. The fourth-order valence-electron chi connectivity index (χ4n) is 1.66. The van der Waals surface area contributed by atoms with Crippen molar-refractivity contribution in [1.82, 2.24) is 5.32 Å². The third-order valence-electron chi connectivity index (χ3n) is 2.72. The molecule has 0 aliphatic rings. The van der Waals surface area contributed by atoms with Crippen LogP contribution < -0.4 is 11.1 Å². The van der Waals surface area contributed by atoms with Crippen molar-refractivity contribution >= 4 is 17.2 Å². The van der Waals surface area contributed by atoms with Gasteiger partial charge in [0.05, 0.1) is 12.6 Å². The number of nitrogens with one attached hydrogen (secondary N) is 1. The van der Waals surface area contributed by atoms with Gasteiger partial charge in [-0.15, -0.1) is 11.3 Å². The van der Waals surface area contributed by atoms with Crippen molar-refractivity contribution in [3.05, 3.63) is 21.4 Å². The summed E-state index contributed by atoms with van der Waals surface area (Å²) in [5.74, 6) is 0.393. The van der Waals surface area contributed by atoms with Gasteiger partial charge in [0.1, 0.15) is 0 Å². The molecule has 0 saturated carbocycles. The van der Waals surface area contributed by atoms with Gasteiger partial charge in [-0.2, -0.15) is 0 Å². The monoisotopic (exact) mass is 254 g/mol. The maximum absolute atomic E-state index is 11.7. The number of amides is 1. The van der Waals surface area contributed by atoms with E-state index >= 15 is 0 Å². The first-order valence-corrected chi connectivity index (χ1v) is 6.81. The standard InChI is InChI=1S/C13H22N2OS/c1-8(2)5-12(14)13(16)15-7-11-6-9(3)10(4)17-11/h6,8,12H,5,7,14H2,1-4H3,(H,15,16)/t12-/m0/s1. The minimum Gasteiger partial charge on any atom is -0.350 e. The van der Waals surface area contributed by atoms with Crippen molar-refractivity contribution < 1.29 is 4.79 Å². The molecule has 4 heteroatoms. The van der Waals surface area contributed by atoms with Gasteiger partial charge in [0.25, 0.3) is 0 Å². The lowest BCUT2D eigenvalue weighted by atomic mass is 10.0. The summed E-state index contributed by atoms with van der Waals surface area (Å²) in [6.45, 7) is 8.90. The molecular formula is C13H22N2OS. The van der Waals surface area contributed by atoms with Gasteiger partial charge in [-0.3, -0.25) is 4.79 Å². The van der Waals surface area contributed by atoms with Crippen molar-refractivity contribution in [2.24, 2.45) is 11.7 Å². The summed E-state index contributed by atoms with van der Waals surface area (Å²) in [6.07, 6.45) is 0.730. The van der Waals surface area contributed by atoms with E-state index in [1.165, 1.54) is 15.3 Å². The lowest BCUT2D eigenvalue weighted by Gasteiger charge is -2.13. The Labute approximate surface area is 107 Å². The van der Waals surface area contributed by atoms with Crippen LogP contribution in [-0.4, -0.2) is 11.9 Å². The van der Waals surface area contributed by atoms with Crippen LogP contribution in [0.2, 0.25) is 0 Å². The van der Waals surface area contributed by atoms with E-state index in [-0.39, 0.29) is 5.91 Å². The largest absolute Gasteiger partial charge is 0.350 e. The van der Waals surface area contributed by atoms with Crippen LogP contribution in [0, 0.1) is 19.8 Å². The molecule has 1 heterocycles. The smallest absolute Gasteiger partial charge is 0.237 e. The van der Waals surface area contributed by atoms with Gasteiger partial charge < -0.3 is 11.1 Å². The van der Waals surface area contributed by atoms with Gasteiger partial charge in [0, 0.05) is 9.75 Å². The predicted molar refractivity (Wildman–Crippen MR) is 73.1 cm³/mol. The number of nitrogens with two attached hydrogens (primary N) is 1. The van der Waals surface area contributed by atoms with Crippen molar-refractivity contribution in [3.8, 4) is 0 Å². The molecular weight excluding hydrogens is 232 g/mol. The van der Waals surface area contributed by atoms with Crippen molar-refractivity contribution in [3.63, 3.8) is 0 Å². The van der Waals surface area contributed by atoms with E-state index in [4.69, 9.17) is 5.73 Å². The van der Waals surface area contributed by atoms with E-state index < -0.39 is 6.04 Å². The quantitative estimate of drug-likeness (QED) is 0.847. The molecule has 0 saturated heterocycles. The molecule has 0 aromatic carbocycles. The summed E-state index contributed by atoms with van der Waals surface area (Å²) in [6, 6.07) is 1.73. The van der Waals surface area contributed by atoms with Crippen LogP contribution in [0.4, 0.5) is 0 Å². The topological polar surface area (TPSA) is 55.1 Å². The number of rotatable bonds is 5. The third-order valence-corrected chi connectivity index (χ3v) is 3.87. The van der Waals surface area contributed by atoms with Crippen LogP contribution in [0.3, 0.4) is 0 Å².